The number of aliphatic hydroxyl groups excluding tert-OH is 1. The average Bonchev–Trinajstić information content (AvgIpc) is 3.00. The third kappa shape index (κ3) is 2.55. The molecule has 0 spiro atoms. The average molecular weight is 292 g/mol. The van der Waals surface area contributed by atoms with Crippen LogP contribution in [0, 0.1) is 0 Å². The van der Waals surface area contributed by atoms with Crippen LogP contribution in [0.4, 0.5) is 0 Å². The molecule has 2 heterocycles. The zero-order valence-corrected chi connectivity index (χ0v) is 12.4. The van der Waals surface area contributed by atoms with E-state index in [0.717, 1.165) is 22.4 Å². The molecule has 1 aliphatic heterocycles. The Morgan fingerprint density at radius 3 is 3.11 bits per heavy atom. The highest BCUT2D eigenvalue weighted by Gasteiger charge is 2.23. The zero-order valence-electron chi connectivity index (χ0n) is 10.7. The summed E-state index contributed by atoms with van der Waals surface area (Å²) in [6, 6.07) is 8.66. The first-order valence-electron chi connectivity index (χ1n) is 6.25. The van der Waals surface area contributed by atoms with Crippen LogP contribution in [0.25, 0.3) is 0 Å². The number of hydrogen-bond acceptors (Lipinski definition) is 4. The van der Waals surface area contributed by atoms with Gasteiger partial charge in [-0.3, -0.25) is 0 Å². The maximum atomic E-state index is 9.17. The van der Waals surface area contributed by atoms with Gasteiger partial charge >= 0.3 is 0 Å². The first kappa shape index (κ1) is 13.1. The van der Waals surface area contributed by atoms with Crippen molar-refractivity contribution in [3.63, 3.8) is 0 Å². The van der Waals surface area contributed by atoms with E-state index < -0.39 is 0 Å². The van der Waals surface area contributed by atoms with E-state index in [-0.39, 0.29) is 6.61 Å². The first-order chi connectivity index (χ1) is 9.29. The molecule has 3 nitrogen and oxygen atoms in total. The van der Waals surface area contributed by atoms with Gasteiger partial charge in [0.15, 0.2) is 5.16 Å². The van der Waals surface area contributed by atoms with Crippen molar-refractivity contribution in [3.05, 3.63) is 41.7 Å². The topological polar surface area (TPSA) is 38.0 Å². The lowest BCUT2D eigenvalue weighted by atomic mass is 10.0. The Kier molecular flexibility index (Phi) is 3.86. The van der Waals surface area contributed by atoms with Gasteiger partial charge in [-0.25, -0.2) is 4.98 Å². The van der Waals surface area contributed by atoms with E-state index in [9.17, 15) is 0 Å². The molecule has 1 aromatic heterocycles. The van der Waals surface area contributed by atoms with Gasteiger partial charge in [0.1, 0.15) is 0 Å². The van der Waals surface area contributed by atoms with Gasteiger partial charge in [-0.05, 0) is 11.6 Å². The number of aromatic nitrogens is 2. The van der Waals surface area contributed by atoms with Crippen molar-refractivity contribution in [3.8, 4) is 0 Å². The Labute approximate surface area is 121 Å². The number of fused-ring (bicyclic) bond motifs is 1. The molecule has 2 aromatic rings. The number of aliphatic hydroxyl groups is 1. The summed E-state index contributed by atoms with van der Waals surface area (Å²) >= 11 is 3.72. The Morgan fingerprint density at radius 1 is 1.47 bits per heavy atom. The Balaban J connectivity index is 1.69. The second kappa shape index (κ2) is 5.61. The van der Waals surface area contributed by atoms with Crippen LogP contribution in [-0.4, -0.2) is 26.2 Å². The molecule has 0 radical (unpaired) electrons. The van der Waals surface area contributed by atoms with E-state index in [1.165, 1.54) is 10.5 Å². The fourth-order valence-electron chi connectivity index (χ4n) is 2.25. The molecule has 0 amide bonds. The molecule has 19 heavy (non-hydrogen) atoms. The number of rotatable bonds is 4. The lowest BCUT2D eigenvalue weighted by molar-refractivity contribution is 0.271. The number of benzene rings is 1. The van der Waals surface area contributed by atoms with Crippen molar-refractivity contribution >= 4 is 23.5 Å². The molecule has 1 aromatic carbocycles. The van der Waals surface area contributed by atoms with E-state index in [2.05, 4.69) is 29.2 Å². The molecule has 100 valence electrons. The van der Waals surface area contributed by atoms with Crippen LogP contribution >= 0.6 is 23.5 Å². The van der Waals surface area contributed by atoms with E-state index in [1.54, 1.807) is 18.0 Å². The Hall–Kier alpha value is -0.910. The lowest BCUT2D eigenvalue weighted by Crippen LogP contribution is -2.03. The highest BCUT2D eigenvalue weighted by Crippen LogP contribution is 2.41. The predicted molar refractivity (Wildman–Crippen MR) is 79.8 cm³/mol. The summed E-state index contributed by atoms with van der Waals surface area (Å²) in [5.41, 5.74) is 2.33. The van der Waals surface area contributed by atoms with Gasteiger partial charge in [0.25, 0.3) is 0 Å². The van der Waals surface area contributed by atoms with Gasteiger partial charge < -0.3 is 9.67 Å². The highest BCUT2D eigenvalue weighted by molar-refractivity contribution is 8.00. The minimum atomic E-state index is 0.0478. The van der Waals surface area contributed by atoms with Crippen molar-refractivity contribution in [2.75, 3.05) is 11.5 Å². The van der Waals surface area contributed by atoms with Crippen LogP contribution in [0.3, 0.4) is 0 Å². The molecule has 0 aliphatic carbocycles. The molecule has 1 aliphatic rings. The largest absolute Gasteiger partial charge is 0.390 e. The van der Waals surface area contributed by atoms with E-state index in [4.69, 9.17) is 5.11 Å². The van der Waals surface area contributed by atoms with Crippen molar-refractivity contribution in [1.29, 1.82) is 0 Å². The van der Waals surface area contributed by atoms with Crippen LogP contribution in [0.1, 0.15) is 17.2 Å². The van der Waals surface area contributed by atoms with Crippen LogP contribution in [0.2, 0.25) is 0 Å². The van der Waals surface area contributed by atoms with E-state index in [0.29, 0.717) is 5.92 Å². The lowest BCUT2D eigenvalue weighted by Gasteiger charge is -2.10. The normalized spacial score (nSPS) is 17.7. The molecule has 0 saturated carbocycles. The second-order valence-electron chi connectivity index (χ2n) is 4.61. The van der Waals surface area contributed by atoms with Crippen molar-refractivity contribution < 1.29 is 5.11 Å². The highest BCUT2D eigenvalue weighted by atomic mass is 32.2. The monoisotopic (exact) mass is 292 g/mol. The number of nitrogens with zero attached hydrogens (tertiary/aromatic N) is 2. The molecule has 1 atom stereocenters. The fourth-order valence-corrected chi connectivity index (χ4v) is 4.74. The van der Waals surface area contributed by atoms with Crippen LogP contribution in [0.15, 0.2) is 40.5 Å². The molecular weight excluding hydrogens is 276 g/mol. The summed E-state index contributed by atoms with van der Waals surface area (Å²) in [6.45, 7) is 0.0478. The quantitative estimate of drug-likeness (QED) is 0.879. The number of thioether (sulfide) groups is 2. The first-order valence-corrected chi connectivity index (χ1v) is 8.22. The maximum Gasteiger partial charge on any atom is 0.167 e. The van der Waals surface area contributed by atoms with Gasteiger partial charge in [-0.1, -0.05) is 30.0 Å². The summed E-state index contributed by atoms with van der Waals surface area (Å²) in [7, 11) is 1.96. The number of imidazole rings is 1. The minimum absolute atomic E-state index is 0.0478. The second-order valence-corrected chi connectivity index (χ2v) is 6.65. The Bertz CT molecular complexity index is 583. The molecular formula is C14H16N2OS2. The predicted octanol–water partition coefficient (Wildman–Crippen LogP) is 2.89. The molecule has 0 saturated heterocycles. The standard InChI is InChI=1S/C14H16N2OS2/c1-16-11(7-17)6-15-14(16)19-9-10-8-18-13-5-3-2-4-12(10)13/h2-6,10,17H,7-9H2,1H3. The summed E-state index contributed by atoms with van der Waals surface area (Å²) in [4.78, 5) is 5.78. The van der Waals surface area contributed by atoms with Crippen LogP contribution in [0.5, 0.6) is 0 Å². The third-order valence-electron chi connectivity index (χ3n) is 3.42. The fraction of sp³-hybridized carbons (Fsp3) is 0.357. The van der Waals surface area contributed by atoms with Gasteiger partial charge in [0, 0.05) is 29.4 Å². The van der Waals surface area contributed by atoms with Crippen LogP contribution in [-0.2, 0) is 13.7 Å². The van der Waals surface area contributed by atoms with Gasteiger partial charge in [-0.2, -0.15) is 0 Å². The smallest absolute Gasteiger partial charge is 0.167 e. The zero-order chi connectivity index (χ0) is 13.2. The van der Waals surface area contributed by atoms with Gasteiger partial charge in [-0.15, -0.1) is 11.8 Å². The summed E-state index contributed by atoms with van der Waals surface area (Å²) in [5.74, 6) is 2.80. The summed E-state index contributed by atoms with van der Waals surface area (Å²) in [6.07, 6.45) is 1.75. The van der Waals surface area contributed by atoms with Crippen molar-refractivity contribution in [1.82, 2.24) is 9.55 Å². The molecule has 1 unspecified atom stereocenters. The van der Waals surface area contributed by atoms with Gasteiger partial charge in [0.05, 0.1) is 18.5 Å². The molecule has 0 bridgehead atoms. The molecule has 3 rings (SSSR count). The van der Waals surface area contributed by atoms with Gasteiger partial charge in [0.2, 0.25) is 0 Å². The molecule has 5 heteroatoms. The number of hydrogen-bond donors (Lipinski definition) is 1. The van der Waals surface area contributed by atoms with E-state index in [1.807, 2.05) is 23.4 Å². The minimum Gasteiger partial charge on any atom is -0.390 e. The maximum absolute atomic E-state index is 9.17. The van der Waals surface area contributed by atoms with Crippen LogP contribution < -0.4 is 0 Å². The summed E-state index contributed by atoms with van der Waals surface area (Å²) < 4.78 is 1.97. The Morgan fingerprint density at radius 2 is 2.32 bits per heavy atom. The molecule has 1 N–H and O–H groups in total. The van der Waals surface area contributed by atoms with Crippen molar-refractivity contribution in [2.24, 2.45) is 7.05 Å². The summed E-state index contributed by atoms with van der Waals surface area (Å²) in [5, 5.41) is 10.2. The van der Waals surface area contributed by atoms with Crippen molar-refractivity contribution in [2.45, 2.75) is 22.6 Å². The molecule has 0 fully saturated rings. The van der Waals surface area contributed by atoms with E-state index >= 15 is 0 Å². The SMILES string of the molecule is Cn1c(CO)cnc1SCC1CSc2ccccc21. The third-order valence-corrected chi connectivity index (χ3v) is 5.87.